The Bertz CT molecular complexity index is 1280. The van der Waals surface area contributed by atoms with Crippen molar-refractivity contribution < 1.29 is 19.0 Å². The molecule has 7 heteroatoms. The summed E-state index contributed by atoms with van der Waals surface area (Å²) in [6, 6.07) is 22.9. The first kappa shape index (κ1) is 24.6. The summed E-state index contributed by atoms with van der Waals surface area (Å²) in [5, 5.41) is 1.41. The van der Waals surface area contributed by atoms with E-state index in [0.717, 1.165) is 34.0 Å². The lowest BCUT2D eigenvalue weighted by Gasteiger charge is -2.16. The fourth-order valence-electron chi connectivity index (χ4n) is 3.62. The molecule has 0 bridgehead atoms. The molecule has 0 N–H and O–H groups in total. The van der Waals surface area contributed by atoms with Gasteiger partial charge in [-0.25, -0.2) is 9.78 Å². The molecule has 4 aromatic rings. The number of fused-ring (bicyclic) bond motifs is 1. The van der Waals surface area contributed by atoms with Crippen molar-refractivity contribution in [2.75, 3.05) is 20.3 Å². The van der Waals surface area contributed by atoms with Crippen molar-refractivity contribution in [2.45, 2.75) is 25.9 Å². The summed E-state index contributed by atoms with van der Waals surface area (Å²) in [5.41, 5.74) is 3.57. The maximum atomic E-state index is 12.1. The van der Waals surface area contributed by atoms with Gasteiger partial charge in [0.2, 0.25) is 5.88 Å². The summed E-state index contributed by atoms with van der Waals surface area (Å²) in [4.78, 5) is 21.5. The third-order valence-electron chi connectivity index (χ3n) is 5.51. The van der Waals surface area contributed by atoms with Crippen LogP contribution in [0, 0.1) is 6.92 Å². The van der Waals surface area contributed by atoms with Crippen LogP contribution in [0.4, 0.5) is 0 Å². The zero-order chi connectivity index (χ0) is 24.6. The number of hydrogen-bond acceptors (Lipinski definition) is 6. The zero-order valence-electron chi connectivity index (χ0n) is 19.7. The Morgan fingerprint density at radius 3 is 2.43 bits per heavy atom. The van der Waals surface area contributed by atoms with E-state index < -0.39 is 12.1 Å². The van der Waals surface area contributed by atoms with Crippen LogP contribution in [0.1, 0.15) is 30.1 Å². The predicted molar refractivity (Wildman–Crippen MR) is 137 cm³/mol. The van der Waals surface area contributed by atoms with Gasteiger partial charge in [0.25, 0.3) is 0 Å². The number of aryl methyl sites for hydroxylation is 1. The van der Waals surface area contributed by atoms with Gasteiger partial charge in [-0.15, -0.1) is 0 Å². The maximum Gasteiger partial charge on any atom is 0.339 e. The third-order valence-corrected chi connectivity index (χ3v) is 5.75. The molecule has 1 heterocycles. The van der Waals surface area contributed by atoms with Gasteiger partial charge in [0.1, 0.15) is 0 Å². The lowest BCUT2D eigenvalue weighted by atomic mass is 10.1. The van der Waals surface area contributed by atoms with Crippen LogP contribution in [0.25, 0.3) is 22.3 Å². The van der Waals surface area contributed by atoms with Gasteiger partial charge < -0.3 is 14.2 Å². The third kappa shape index (κ3) is 6.35. The fraction of sp³-hybridized carbons (Fsp3) is 0.250. The van der Waals surface area contributed by atoms with Gasteiger partial charge >= 0.3 is 5.97 Å². The molecule has 180 valence electrons. The van der Waals surface area contributed by atoms with Gasteiger partial charge in [0, 0.05) is 17.2 Å². The number of hydrogen-bond donors (Lipinski definition) is 0. The molecule has 0 aliphatic carbocycles. The molecule has 6 nitrogen and oxygen atoms in total. The molecule has 0 aliphatic heterocycles. The number of benzene rings is 3. The molecule has 4 rings (SSSR count). The minimum atomic E-state index is -0.741. The van der Waals surface area contributed by atoms with Crippen LogP contribution in [-0.4, -0.2) is 36.3 Å². The topological polar surface area (TPSA) is 70.5 Å². The summed E-state index contributed by atoms with van der Waals surface area (Å²) in [5.74, 6) is 0.684. The van der Waals surface area contributed by atoms with Crippen LogP contribution in [-0.2, 0) is 14.3 Å². The second-order valence-corrected chi connectivity index (χ2v) is 8.56. The van der Waals surface area contributed by atoms with Crippen LogP contribution in [0.2, 0.25) is 5.02 Å². The second-order valence-electron chi connectivity index (χ2n) is 8.12. The molecular weight excluding hydrogens is 464 g/mol. The van der Waals surface area contributed by atoms with Crippen LogP contribution >= 0.6 is 11.6 Å². The monoisotopic (exact) mass is 490 g/mol. The molecule has 0 fully saturated rings. The Kier molecular flexibility index (Phi) is 8.29. The molecule has 0 aliphatic rings. The van der Waals surface area contributed by atoms with E-state index in [-0.39, 0.29) is 0 Å². The number of ether oxygens (including phenoxy) is 3. The zero-order valence-corrected chi connectivity index (χ0v) is 20.5. The highest BCUT2D eigenvalue weighted by Crippen LogP contribution is 2.29. The average molecular weight is 491 g/mol. The molecule has 0 amide bonds. The minimum Gasteiger partial charge on any atom is -0.477 e. The average Bonchev–Trinajstić information content (AvgIpc) is 2.88. The van der Waals surface area contributed by atoms with Crippen molar-refractivity contribution in [3.8, 4) is 17.3 Å². The van der Waals surface area contributed by atoms with Crippen LogP contribution in [0.15, 0.2) is 72.8 Å². The fourth-order valence-corrected chi connectivity index (χ4v) is 3.79. The van der Waals surface area contributed by atoms with Gasteiger partial charge in [-0.05, 0) is 43.5 Å². The summed E-state index contributed by atoms with van der Waals surface area (Å²) >= 11 is 6.21. The predicted octanol–water partition coefficient (Wildman–Crippen LogP) is 6.35. The van der Waals surface area contributed by atoms with E-state index in [1.54, 1.807) is 6.07 Å². The van der Waals surface area contributed by atoms with Crippen molar-refractivity contribution >= 4 is 28.5 Å². The molecule has 1 aromatic heterocycles. The van der Waals surface area contributed by atoms with Crippen molar-refractivity contribution in [3.63, 3.8) is 0 Å². The second kappa shape index (κ2) is 11.8. The largest absolute Gasteiger partial charge is 0.477 e. The molecule has 0 spiro atoms. The smallest absolute Gasteiger partial charge is 0.339 e. The van der Waals surface area contributed by atoms with Gasteiger partial charge in [0.15, 0.2) is 11.9 Å². The Labute approximate surface area is 209 Å². The number of carbonyl (C=O) groups excluding carboxylic acids is 1. The molecule has 1 atom stereocenters. The minimum absolute atomic E-state index is 0.396. The number of carbonyl (C=O) groups is 1. The number of aromatic nitrogens is 2. The SMILES string of the molecule is COC(=O)C(OCCCCOc1nc(-c2ccc(C)cc2)nc2cc(Cl)ccc12)c1ccccc1. The number of unbranched alkanes of at least 4 members (excludes halogenated alkanes) is 1. The Morgan fingerprint density at radius 2 is 1.69 bits per heavy atom. The Hall–Kier alpha value is -3.48. The number of halogens is 1. The van der Waals surface area contributed by atoms with Crippen molar-refractivity contribution in [3.05, 3.63) is 88.9 Å². The van der Waals surface area contributed by atoms with Gasteiger partial charge in [-0.2, -0.15) is 4.98 Å². The number of methoxy groups -OCH3 is 1. The van der Waals surface area contributed by atoms with E-state index >= 15 is 0 Å². The lowest BCUT2D eigenvalue weighted by Crippen LogP contribution is -2.18. The van der Waals surface area contributed by atoms with Crippen LogP contribution in [0.3, 0.4) is 0 Å². The quantitative estimate of drug-likeness (QED) is 0.190. The highest BCUT2D eigenvalue weighted by atomic mass is 35.5. The van der Waals surface area contributed by atoms with Crippen molar-refractivity contribution in [2.24, 2.45) is 0 Å². The number of nitrogens with zero attached hydrogens (tertiary/aromatic N) is 2. The van der Waals surface area contributed by atoms with Crippen molar-refractivity contribution in [1.29, 1.82) is 0 Å². The molecule has 1 unspecified atom stereocenters. The van der Waals surface area contributed by atoms with E-state index in [0.29, 0.717) is 36.4 Å². The first-order valence-corrected chi connectivity index (χ1v) is 11.8. The maximum absolute atomic E-state index is 12.1. The van der Waals surface area contributed by atoms with Crippen molar-refractivity contribution in [1.82, 2.24) is 9.97 Å². The van der Waals surface area contributed by atoms with Gasteiger partial charge in [0.05, 0.1) is 24.6 Å². The standard InChI is InChI=1S/C28H27ClN2O4/c1-19-10-12-21(13-11-19)26-30-24-18-22(29)14-15-23(24)27(31-26)35-17-7-6-16-34-25(28(32)33-2)20-8-4-3-5-9-20/h3-5,8-15,18,25H,6-7,16-17H2,1-2H3. The first-order valence-electron chi connectivity index (χ1n) is 11.5. The number of rotatable bonds is 10. The van der Waals surface area contributed by atoms with Gasteiger partial charge in [-0.3, -0.25) is 0 Å². The molecule has 0 saturated heterocycles. The van der Waals surface area contributed by atoms with E-state index in [9.17, 15) is 4.79 Å². The molecule has 3 aromatic carbocycles. The summed E-state index contributed by atoms with van der Waals surface area (Å²) < 4.78 is 16.8. The number of esters is 1. The van der Waals surface area contributed by atoms with Crippen LogP contribution < -0.4 is 4.74 Å². The summed E-state index contributed by atoms with van der Waals surface area (Å²) in [7, 11) is 1.36. The highest BCUT2D eigenvalue weighted by molar-refractivity contribution is 6.31. The van der Waals surface area contributed by atoms with E-state index in [1.165, 1.54) is 7.11 Å². The van der Waals surface area contributed by atoms with Gasteiger partial charge in [-0.1, -0.05) is 71.8 Å². The Balaban J connectivity index is 1.39. The molecule has 35 heavy (non-hydrogen) atoms. The molecule has 0 radical (unpaired) electrons. The summed E-state index contributed by atoms with van der Waals surface area (Å²) in [6.07, 6.45) is 0.691. The van der Waals surface area contributed by atoms with E-state index in [2.05, 4.69) is 9.97 Å². The normalized spacial score (nSPS) is 11.9. The first-order chi connectivity index (χ1) is 17.0. The summed E-state index contributed by atoms with van der Waals surface area (Å²) in [6.45, 7) is 2.88. The highest BCUT2D eigenvalue weighted by Gasteiger charge is 2.21. The molecular formula is C28H27ClN2O4. The van der Waals surface area contributed by atoms with E-state index in [1.807, 2.05) is 73.7 Å². The van der Waals surface area contributed by atoms with E-state index in [4.69, 9.17) is 25.8 Å². The Morgan fingerprint density at radius 1 is 0.943 bits per heavy atom. The molecule has 0 saturated carbocycles. The van der Waals surface area contributed by atoms with Crippen LogP contribution in [0.5, 0.6) is 5.88 Å². The lowest BCUT2D eigenvalue weighted by molar-refractivity contribution is -0.154.